The highest BCUT2D eigenvalue weighted by Crippen LogP contribution is 2.25. The number of carbonyl (C=O) groups excluding carboxylic acids is 1. The minimum absolute atomic E-state index is 0.0198. The van der Waals surface area contributed by atoms with Gasteiger partial charge in [-0.25, -0.2) is 5.43 Å². The monoisotopic (exact) mass is 372 g/mol. The second kappa shape index (κ2) is 8.60. The molecule has 0 atom stereocenters. The van der Waals surface area contributed by atoms with Crippen molar-refractivity contribution < 1.29 is 14.5 Å². The summed E-state index contributed by atoms with van der Waals surface area (Å²) in [4.78, 5) is 22.1. The molecule has 132 valence electrons. The number of rotatable bonds is 6. The van der Waals surface area contributed by atoms with Gasteiger partial charge >= 0.3 is 0 Å². The predicted molar refractivity (Wildman–Crippen MR) is 95.1 cm³/mol. The molecule has 0 aromatic heterocycles. The highest BCUT2D eigenvalue weighted by Gasteiger charge is 2.14. The Hall–Kier alpha value is -3.44. The number of amides is 1. The van der Waals surface area contributed by atoms with Crippen LogP contribution < -0.4 is 10.2 Å². The van der Waals surface area contributed by atoms with Gasteiger partial charge in [-0.3, -0.25) is 14.9 Å². The number of benzene rings is 2. The number of nitrogens with one attached hydrogen (secondary N) is 1. The quantitative estimate of drug-likeness (QED) is 0.475. The van der Waals surface area contributed by atoms with Crippen LogP contribution in [0, 0.1) is 21.4 Å². The van der Waals surface area contributed by atoms with Crippen molar-refractivity contribution in [2.24, 2.45) is 5.10 Å². The molecule has 26 heavy (non-hydrogen) atoms. The van der Waals surface area contributed by atoms with Crippen LogP contribution in [0.4, 0.5) is 5.69 Å². The number of nitriles is 1. The molecule has 0 fully saturated rings. The van der Waals surface area contributed by atoms with E-state index >= 15 is 0 Å². The Bertz CT molecular complexity index is 904. The third kappa shape index (κ3) is 5.03. The fourth-order valence-corrected chi connectivity index (χ4v) is 2.08. The molecule has 0 radical (unpaired) electrons. The van der Waals surface area contributed by atoms with E-state index in [2.05, 4.69) is 10.5 Å². The molecule has 0 saturated heterocycles. The molecule has 8 nitrogen and oxygen atoms in total. The Morgan fingerprint density at radius 2 is 2.04 bits per heavy atom. The fraction of sp³-hybridized carbons (Fsp3) is 0.118. The first-order chi connectivity index (χ1) is 12.4. The summed E-state index contributed by atoms with van der Waals surface area (Å²) in [5.41, 5.74) is 3.37. The average Bonchev–Trinajstić information content (AvgIpc) is 2.64. The first-order valence-electron chi connectivity index (χ1n) is 7.31. The number of nitro groups is 1. The lowest BCUT2D eigenvalue weighted by Gasteiger charge is -2.06. The Balaban J connectivity index is 1.95. The largest absolute Gasteiger partial charge is 0.484 e. The molecule has 0 heterocycles. The fourth-order valence-electron chi connectivity index (χ4n) is 1.90. The predicted octanol–water partition coefficient (Wildman–Crippen LogP) is 3.04. The lowest BCUT2D eigenvalue weighted by molar-refractivity contribution is -0.384. The zero-order valence-electron chi connectivity index (χ0n) is 13.6. The van der Waals surface area contributed by atoms with E-state index in [0.717, 1.165) is 0 Å². The van der Waals surface area contributed by atoms with Crippen LogP contribution >= 0.6 is 11.6 Å². The summed E-state index contributed by atoms with van der Waals surface area (Å²) >= 11 is 5.76. The Kier molecular flexibility index (Phi) is 6.25. The maximum Gasteiger partial charge on any atom is 0.288 e. The zero-order valence-corrected chi connectivity index (χ0v) is 14.4. The second-order valence-corrected chi connectivity index (χ2v) is 5.49. The van der Waals surface area contributed by atoms with Crippen LogP contribution in [-0.4, -0.2) is 23.1 Å². The number of hydrazone groups is 1. The molecule has 0 aliphatic carbocycles. The van der Waals surface area contributed by atoms with E-state index in [1.54, 1.807) is 37.3 Å². The topological polar surface area (TPSA) is 118 Å². The van der Waals surface area contributed by atoms with Gasteiger partial charge in [0.25, 0.3) is 11.6 Å². The third-order valence-corrected chi connectivity index (χ3v) is 3.58. The van der Waals surface area contributed by atoms with Gasteiger partial charge in [-0.15, -0.1) is 0 Å². The molecular weight excluding hydrogens is 360 g/mol. The van der Waals surface area contributed by atoms with Crippen LogP contribution in [0.3, 0.4) is 0 Å². The maximum atomic E-state index is 11.8. The Morgan fingerprint density at radius 3 is 2.65 bits per heavy atom. The number of hydrogen-bond donors (Lipinski definition) is 1. The molecule has 0 saturated carbocycles. The highest BCUT2D eigenvalue weighted by atomic mass is 35.5. The van der Waals surface area contributed by atoms with Crippen molar-refractivity contribution in [1.82, 2.24) is 5.43 Å². The van der Waals surface area contributed by atoms with Crippen molar-refractivity contribution in [3.63, 3.8) is 0 Å². The molecule has 2 aromatic carbocycles. The van der Waals surface area contributed by atoms with Gasteiger partial charge in [-0.2, -0.15) is 10.4 Å². The van der Waals surface area contributed by atoms with E-state index in [-0.39, 0.29) is 17.3 Å². The van der Waals surface area contributed by atoms with Crippen LogP contribution in [0.5, 0.6) is 5.75 Å². The number of nitrogens with zero attached hydrogens (tertiary/aromatic N) is 3. The molecule has 0 aliphatic heterocycles. The molecule has 0 unspecified atom stereocenters. The molecule has 0 aliphatic rings. The minimum atomic E-state index is -0.594. The van der Waals surface area contributed by atoms with E-state index in [0.29, 0.717) is 22.6 Å². The molecule has 2 aromatic rings. The highest BCUT2D eigenvalue weighted by molar-refractivity contribution is 6.32. The van der Waals surface area contributed by atoms with Crippen LogP contribution in [-0.2, 0) is 4.79 Å². The average molecular weight is 373 g/mol. The van der Waals surface area contributed by atoms with Gasteiger partial charge in [-0.05, 0) is 37.3 Å². The van der Waals surface area contributed by atoms with Crippen LogP contribution in [0.1, 0.15) is 18.1 Å². The summed E-state index contributed by atoms with van der Waals surface area (Å²) in [5, 5.41) is 23.5. The smallest absolute Gasteiger partial charge is 0.288 e. The molecular formula is C17H13ClN4O4. The number of halogens is 1. The van der Waals surface area contributed by atoms with E-state index < -0.39 is 10.8 Å². The molecule has 2 rings (SSSR count). The molecule has 9 heteroatoms. The van der Waals surface area contributed by atoms with Gasteiger partial charge in [0.2, 0.25) is 0 Å². The van der Waals surface area contributed by atoms with Gasteiger partial charge in [0.05, 0.1) is 22.3 Å². The summed E-state index contributed by atoms with van der Waals surface area (Å²) in [6.07, 6.45) is 0. The normalized spacial score (nSPS) is 10.7. The molecule has 1 amide bonds. The van der Waals surface area contributed by atoms with Crippen molar-refractivity contribution in [3.8, 4) is 11.8 Å². The number of ether oxygens (including phenoxy) is 1. The van der Waals surface area contributed by atoms with Gasteiger partial charge in [0.1, 0.15) is 10.8 Å². The zero-order chi connectivity index (χ0) is 19.1. The summed E-state index contributed by atoms with van der Waals surface area (Å²) in [6.45, 7) is 1.32. The standard InChI is InChI=1S/C17H13ClN4O4/c1-11(13-4-7-15(18)16(8-13)22(24)25)20-21-17(23)10-26-14-5-2-12(9-19)3-6-14/h2-8H,10H2,1H3,(H,21,23)/b20-11+. The SMILES string of the molecule is C/C(=N\NC(=O)COc1ccc(C#N)cc1)c1ccc(Cl)c([N+](=O)[O-])c1. The summed E-state index contributed by atoms with van der Waals surface area (Å²) in [6, 6.07) is 12.5. The van der Waals surface area contributed by atoms with Crippen molar-refractivity contribution in [1.29, 1.82) is 5.26 Å². The summed E-state index contributed by atoms with van der Waals surface area (Å²) in [5.74, 6) is -0.0645. The van der Waals surface area contributed by atoms with E-state index in [4.69, 9.17) is 21.6 Å². The number of hydrogen-bond acceptors (Lipinski definition) is 6. The van der Waals surface area contributed by atoms with Gasteiger partial charge in [0, 0.05) is 11.6 Å². The Labute approximate surface area is 153 Å². The van der Waals surface area contributed by atoms with E-state index in [1.165, 1.54) is 12.1 Å². The lowest BCUT2D eigenvalue weighted by Crippen LogP contribution is -2.25. The first-order valence-corrected chi connectivity index (χ1v) is 7.69. The van der Waals surface area contributed by atoms with Crippen molar-refractivity contribution >= 4 is 28.9 Å². The summed E-state index contributed by atoms with van der Waals surface area (Å²) in [7, 11) is 0. The second-order valence-electron chi connectivity index (χ2n) is 5.08. The maximum absolute atomic E-state index is 11.8. The van der Waals surface area contributed by atoms with Crippen molar-refractivity contribution in [2.45, 2.75) is 6.92 Å². The Morgan fingerprint density at radius 1 is 1.35 bits per heavy atom. The third-order valence-electron chi connectivity index (χ3n) is 3.26. The van der Waals surface area contributed by atoms with Crippen LogP contribution in [0.15, 0.2) is 47.6 Å². The van der Waals surface area contributed by atoms with Crippen LogP contribution in [0.25, 0.3) is 0 Å². The van der Waals surface area contributed by atoms with E-state index in [1.807, 2.05) is 6.07 Å². The number of carbonyl (C=O) groups is 1. The van der Waals surface area contributed by atoms with Gasteiger partial charge in [0.15, 0.2) is 6.61 Å². The van der Waals surface area contributed by atoms with E-state index in [9.17, 15) is 14.9 Å². The first kappa shape index (κ1) is 18.9. The van der Waals surface area contributed by atoms with Crippen molar-refractivity contribution in [3.05, 3.63) is 68.7 Å². The summed E-state index contributed by atoms with van der Waals surface area (Å²) < 4.78 is 5.27. The van der Waals surface area contributed by atoms with Gasteiger partial charge < -0.3 is 4.74 Å². The van der Waals surface area contributed by atoms with Crippen LogP contribution in [0.2, 0.25) is 5.02 Å². The molecule has 0 bridgehead atoms. The van der Waals surface area contributed by atoms with Crippen molar-refractivity contribution in [2.75, 3.05) is 6.61 Å². The lowest BCUT2D eigenvalue weighted by atomic mass is 10.1. The molecule has 1 N–H and O–H groups in total. The number of nitro benzene ring substituents is 1. The molecule has 0 spiro atoms. The minimum Gasteiger partial charge on any atom is -0.484 e. The van der Waals surface area contributed by atoms with Gasteiger partial charge in [-0.1, -0.05) is 17.7 Å².